The molecule has 0 atom stereocenters. The van der Waals surface area contributed by atoms with Crippen molar-refractivity contribution in [3.63, 3.8) is 0 Å². The summed E-state index contributed by atoms with van der Waals surface area (Å²) in [6.07, 6.45) is 1.87. The molecule has 0 saturated carbocycles. The van der Waals surface area contributed by atoms with Gasteiger partial charge in [-0.1, -0.05) is 27.7 Å². The lowest BCUT2D eigenvalue weighted by Gasteiger charge is -2.04. The molecule has 0 unspecified atom stereocenters. The van der Waals surface area contributed by atoms with E-state index in [1.165, 1.54) is 11.7 Å². The van der Waals surface area contributed by atoms with Crippen LogP contribution in [0.1, 0.15) is 44.9 Å². The van der Waals surface area contributed by atoms with Crippen molar-refractivity contribution in [1.82, 2.24) is 13.7 Å². The van der Waals surface area contributed by atoms with Crippen molar-refractivity contribution in [2.24, 2.45) is 0 Å². The Bertz CT molecular complexity index is 434. The van der Waals surface area contributed by atoms with E-state index in [4.69, 9.17) is 0 Å². The topological polar surface area (TPSA) is 38.7 Å². The lowest BCUT2D eigenvalue weighted by Crippen LogP contribution is -1.95. The lowest BCUT2D eigenvalue weighted by atomic mass is 10.1. The highest BCUT2D eigenvalue weighted by atomic mass is 32.1. The number of fused-ring (bicyclic) bond motifs is 1. The van der Waals surface area contributed by atoms with Gasteiger partial charge in [-0.05, 0) is 18.4 Å². The van der Waals surface area contributed by atoms with Crippen molar-refractivity contribution in [3.8, 4) is 0 Å². The maximum Gasteiger partial charge on any atom is 0.126 e. The third kappa shape index (κ3) is 2.31. The average Bonchev–Trinajstić information content (AvgIpc) is 2.70. The van der Waals surface area contributed by atoms with Crippen molar-refractivity contribution in [3.05, 3.63) is 17.5 Å². The standard InChI is InChI=1S/C9H11N3S.C2H6/c1-5(2)7-9-8(11-13-12-9)6(3)4-10-7;1-2/h4-5H,1-3H3;1-2H3. The molecule has 0 aromatic carbocycles. The molecule has 0 spiro atoms. The predicted molar refractivity (Wildman–Crippen MR) is 65.4 cm³/mol. The molecular formula is C11H17N3S. The van der Waals surface area contributed by atoms with Crippen LogP contribution in [-0.2, 0) is 0 Å². The van der Waals surface area contributed by atoms with Crippen molar-refractivity contribution in [2.75, 3.05) is 0 Å². The van der Waals surface area contributed by atoms with E-state index in [0.29, 0.717) is 5.92 Å². The highest BCUT2D eigenvalue weighted by Gasteiger charge is 2.11. The molecule has 2 aromatic rings. The van der Waals surface area contributed by atoms with E-state index in [2.05, 4.69) is 27.6 Å². The second-order valence-corrected chi connectivity index (χ2v) is 3.97. The largest absolute Gasteiger partial charge is 0.258 e. The molecule has 0 amide bonds. The molecule has 0 bridgehead atoms. The van der Waals surface area contributed by atoms with Crippen LogP contribution in [0.5, 0.6) is 0 Å². The minimum atomic E-state index is 0.409. The summed E-state index contributed by atoms with van der Waals surface area (Å²) in [5.41, 5.74) is 4.13. The third-order valence-electron chi connectivity index (χ3n) is 2.05. The number of pyridine rings is 1. The first kappa shape index (κ1) is 12.0. The van der Waals surface area contributed by atoms with Crippen LogP contribution in [0.2, 0.25) is 0 Å². The fourth-order valence-corrected chi connectivity index (χ4v) is 1.94. The molecular weight excluding hydrogens is 206 g/mol. The minimum absolute atomic E-state index is 0.409. The van der Waals surface area contributed by atoms with Gasteiger partial charge in [0.25, 0.3) is 0 Å². The minimum Gasteiger partial charge on any atom is -0.258 e. The second-order valence-electron chi connectivity index (χ2n) is 3.44. The molecule has 2 aromatic heterocycles. The SMILES string of the molecule is CC.Cc1cnc(C(C)C)c2nsnc12. The highest BCUT2D eigenvalue weighted by molar-refractivity contribution is 7.00. The zero-order valence-electron chi connectivity index (χ0n) is 9.90. The summed E-state index contributed by atoms with van der Waals surface area (Å²) < 4.78 is 8.52. The van der Waals surface area contributed by atoms with Crippen molar-refractivity contribution in [1.29, 1.82) is 0 Å². The maximum atomic E-state index is 4.38. The number of aromatic nitrogens is 3. The molecule has 82 valence electrons. The summed E-state index contributed by atoms with van der Waals surface area (Å²) in [6.45, 7) is 10.3. The maximum absolute atomic E-state index is 4.38. The molecule has 0 saturated heterocycles. The summed E-state index contributed by atoms with van der Waals surface area (Å²) in [7, 11) is 0. The number of hydrogen-bond acceptors (Lipinski definition) is 4. The van der Waals surface area contributed by atoms with E-state index >= 15 is 0 Å². The number of aryl methyl sites for hydroxylation is 1. The van der Waals surface area contributed by atoms with Gasteiger partial charge in [0, 0.05) is 6.20 Å². The van der Waals surface area contributed by atoms with Gasteiger partial charge in [-0.15, -0.1) is 0 Å². The molecule has 2 heterocycles. The van der Waals surface area contributed by atoms with Crippen molar-refractivity contribution in [2.45, 2.75) is 40.5 Å². The van der Waals surface area contributed by atoms with Gasteiger partial charge in [0.2, 0.25) is 0 Å². The van der Waals surface area contributed by atoms with Gasteiger partial charge < -0.3 is 0 Å². The smallest absolute Gasteiger partial charge is 0.126 e. The van der Waals surface area contributed by atoms with Gasteiger partial charge in [0.05, 0.1) is 17.4 Å². The summed E-state index contributed by atoms with van der Waals surface area (Å²) in [5.74, 6) is 0.409. The van der Waals surface area contributed by atoms with E-state index in [9.17, 15) is 0 Å². The predicted octanol–water partition coefficient (Wildman–Crippen LogP) is 3.54. The fourth-order valence-electron chi connectivity index (χ4n) is 1.33. The molecule has 0 N–H and O–H groups in total. The molecule has 4 heteroatoms. The Kier molecular flexibility index (Phi) is 4.15. The van der Waals surface area contributed by atoms with E-state index in [1.807, 2.05) is 27.0 Å². The first-order chi connectivity index (χ1) is 7.20. The lowest BCUT2D eigenvalue weighted by molar-refractivity contribution is 0.831. The molecule has 0 aliphatic heterocycles. The summed E-state index contributed by atoms with van der Waals surface area (Å²) in [6, 6.07) is 0. The van der Waals surface area contributed by atoms with Crippen LogP contribution >= 0.6 is 11.7 Å². The third-order valence-corrected chi connectivity index (χ3v) is 2.58. The van der Waals surface area contributed by atoms with Crippen LogP contribution in [-0.4, -0.2) is 13.7 Å². The van der Waals surface area contributed by atoms with Gasteiger partial charge in [0.1, 0.15) is 11.0 Å². The Morgan fingerprint density at radius 1 is 1.13 bits per heavy atom. The Labute approximate surface area is 94.9 Å². The molecule has 15 heavy (non-hydrogen) atoms. The molecule has 0 aliphatic carbocycles. The zero-order chi connectivity index (χ0) is 11.4. The Hall–Kier alpha value is -1.03. The average molecular weight is 223 g/mol. The quantitative estimate of drug-likeness (QED) is 0.742. The van der Waals surface area contributed by atoms with E-state index < -0.39 is 0 Å². The van der Waals surface area contributed by atoms with Crippen LogP contribution < -0.4 is 0 Å². The fraction of sp³-hybridized carbons (Fsp3) is 0.545. The van der Waals surface area contributed by atoms with Crippen molar-refractivity contribution < 1.29 is 0 Å². The second kappa shape index (κ2) is 5.16. The summed E-state index contributed by atoms with van der Waals surface area (Å²) >= 11 is 1.26. The zero-order valence-corrected chi connectivity index (χ0v) is 10.7. The summed E-state index contributed by atoms with van der Waals surface area (Å²) in [4.78, 5) is 4.38. The normalized spacial score (nSPS) is 10.3. The first-order valence-electron chi connectivity index (χ1n) is 5.28. The van der Waals surface area contributed by atoms with Gasteiger partial charge >= 0.3 is 0 Å². The van der Waals surface area contributed by atoms with Crippen LogP contribution in [0.15, 0.2) is 6.20 Å². The molecule has 2 rings (SSSR count). The van der Waals surface area contributed by atoms with Gasteiger partial charge in [-0.25, -0.2) is 0 Å². The Morgan fingerprint density at radius 3 is 2.33 bits per heavy atom. The monoisotopic (exact) mass is 223 g/mol. The molecule has 3 nitrogen and oxygen atoms in total. The van der Waals surface area contributed by atoms with E-state index in [-0.39, 0.29) is 0 Å². The number of nitrogens with zero attached hydrogens (tertiary/aromatic N) is 3. The van der Waals surface area contributed by atoms with Crippen molar-refractivity contribution >= 4 is 22.8 Å². The highest BCUT2D eigenvalue weighted by Crippen LogP contribution is 2.23. The van der Waals surface area contributed by atoms with E-state index in [1.54, 1.807) is 0 Å². The van der Waals surface area contributed by atoms with Gasteiger partial charge in [-0.2, -0.15) is 8.75 Å². The Balaban J connectivity index is 0.000000531. The van der Waals surface area contributed by atoms with E-state index in [0.717, 1.165) is 22.3 Å². The van der Waals surface area contributed by atoms with Crippen LogP contribution in [0.25, 0.3) is 11.0 Å². The van der Waals surface area contributed by atoms with Crippen LogP contribution in [0, 0.1) is 6.92 Å². The van der Waals surface area contributed by atoms with Crippen LogP contribution in [0.4, 0.5) is 0 Å². The summed E-state index contributed by atoms with van der Waals surface area (Å²) in [5, 5.41) is 0. The molecule has 0 aliphatic rings. The van der Waals surface area contributed by atoms with Crippen LogP contribution in [0.3, 0.4) is 0 Å². The van der Waals surface area contributed by atoms with Gasteiger partial charge in [-0.3, -0.25) is 4.98 Å². The first-order valence-corrected chi connectivity index (χ1v) is 6.01. The number of rotatable bonds is 1. The molecule has 0 fully saturated rings. The molecule has 0 radical (unpaired) electrons. The van der Waals surface area contributed by atoms with Gasteiger partial charge in [0.15, 0.2) is 0 Å². The number of hydrogen-bond donors (Lipinski definition) is 0. The Morgan fingerprint density at radius 2 is 1.73 bits per heavy atom.